The van der Waals surface area contributed by atoms with Gasteiger partial charge in [0.1, 0.15) is 12.0 Å². The van der Waals surface area contributed by atoms with E-state index in [-0.39, 0.29) is 6.17 Å². The van der Waals surface area contributed by atoms with E-state index >= 15 is 0 Å². The quantitative estimate of drug-likeness (QED) is 0.173. The Morgan fingerprint density at radius 2 is 0.711 bits per heavy atom. The van der Waals surface area contributed by atoms with Crippen molar-refractivity contribution in [3.05, 3.63) is 261 Å². The van der Waals surface area contributed by atoms with Crippen LogP contribution in [-0.4, -0.2) is 33.2 Å². The second-order valence-electron chi connectivity index (χ2n) is 19.6. The van der Waals surface area contributed by atoms with Crippen molar-refractivity contribution in [1.29, 1.82) is 0 Å². The van der Waals surface area contributed by atoms with Gasteiger partial charge in [0.2, 0.25) is 0 Å². The van der Waals surface area contributed by atoms with Gasteiger partial charge in [-0.1, -0.05) is 158 Å². The van der Waals surface area contributed by atoms with Crippen molar-refractivity contribution in [3.63, 3.8) is 0 Å². The predicted octanol–water partition coefficient (Wildman–Crippen LogP) is 16.3. The Morgan fingerprint density at radius 1 is 0.342 bits per heavy atom. The maximum atomic E-state index is 5.52. The monoisotopic (exact) mass is 972 g/mol. The molecule has 16 rings (SSSR count). The van der Waals surface area contributed by atoms with Crippen LogP contribution in [0.5, 0.6) is 0 Å². The number of fused-ring (bicyclic) bond motifs is 12. The molecule has 356 valence electrons. The summed E-state index contributed by atoms with van der Waals surface area (Å²) in [6.07, 6.45) is 10.4. The third-order valence-electron chi connectivity index (χ3n) is 15.5. The van der Waals surface area contributed by atoms with Crippen LogP contribution in [0.25, 0.3) is 133 Å². The van der Waals surface area contributed by atoms with Crippen LogP contribution in [0.2, 0.25) is 0 Å². The average Bonchev–Trinajstić information content (AvgIpc) is 4.23. The molecule has 1 aliphatic heterocycles. The highest BCUT2D eigenvalue weighted by atomic mass is 15.2. The molecule has 0 spiro atoms. The standard InChI is InChI=1S/C68H44N8/c1-9-29-57-43(19-1)44-20-2-10-30-58(44)73(57)65-39-55(69-41-51(65)53-27-17-37-67(71-53)75-61-33-13-5-23-47(61)48-24-6-14-34-62(48)75)56-40-66(74-59-31-11-3-21-45(59)46-22-4-12-32-60(46)74)52(42-70-56)54-28-18-38-68(72-54)76-63-35-15-7-25-49(63)50-26-8-16-36-64(50)76/h1-42,67,71H. The summed E-state index contributed by atoms with van der Waals surface area (Å²) in [6.45, 7) is 0. The molecular formula is C68H44N8. The highest BCUT2D eigenvalue weighted by molar-refractivity contribution is 6.12. The molecule has 0 fully saturated rings. The molecule has 1 N–H and O–H groups in total. The van der Waals surface area contributed by atoms with Crippen LogP contribution < -0.4 is 5.32 Å². The second-order valence-corrected chi connectivity index (χ2v) is 19.6. The maximum Gasteiger partial charge on any atom is 0.138 e. The molecule has 0 saturated heterocycles. The fourth-order valence-electron chi connectivity index (χ4n) is 12.3. The highest BCUT2D eigenvalue weighted by Gasteiger charge is 2.25. The highest BCUT2D eigenvalue weighted by Crippen LogP contribution is 2.41. The molecule has 0 saturated carbocycles. The molecule has 0 radical (unpaired) electrons. The number of aromatic nitrogens is 7. The molecule has 8 heterocycles. The maximum absolute atomic E-state index is 5.52. The normalized spacial score (nSPS) is 13.8. The summed E-state index contributed by atoms with van der Waals surface area (Å²) in [6, 6.07) is 79.9. The lowest BCUT2D eigenvalue weighted by Crippen LogP contribution is -2.26. The van der Waals surface area contributed by atoms with E-state index in [2.05, 4.69) is 266 Å². The van der Waals surface area contributed by atoms with Gasteiger partial charge in [-0.2, -0.15) is 0 Å². The lowest BCUT2D eigenvalue weighted by Gasteiger charge is -2.26. The van der Waals surface area contributed by atoms with Crippen LogP contribution in [0.1, 0.15) is 11.7 Å². The van der Waals surface area contributed by atoms with E-state index in [4.69, 9.17) is 15.0 Å². The number of benzene rings is 8. The van der Waals surface area contributed by atoms with Crippen LogP contribution in [-0.2, 0) is 0 Å². The molecular weight excluding hydrogens is 929 g/mol. The van der Waals surface area contributed by atoms with Gasteiger partial charge in [-0.05, 0) is 84.9 Å². The fraction of sp³-hybridized carbons (Fsp3) is 0.0147. The van der Waals surface area contributed by atoms with Gasteiger partial charge in [-0.25, -0.2) is 4.98 Å². The fourth-order valence-corrected chi connectivity index (χ4v) is 12.3. The first-order chi connectivity index (χ1) is 37.7. The second kappa shape index (κ2) is 16.6. The van der Waals surface area contributed by atoms with Crippen molar-refractivity contribution in [2.24, 2.45) is 0 Å². The Balaban J connectivity index is 0.910. The zero-order valence-corrected chi connectivity index (χ0v) is 41.0. The number of para-hydroxylation sites is 8. The molecule has 1 aliphatic rings. The van der Waals surface area contributed by atoms with Gasteiger partial charge < -0.3 is 19.0 Å². The molecule has 0 bridgehead atoms. The number of rotatable bonds is 7. The van der Waals surface area contributed by atoms with Crippen LogP contribution in [0, 0.1) is 0 Å². The first-order valence-electron chi connectivity index (χ1n) is 25.8. The molecule has 7 aromatic heterocycles. The summed E-state index contributed by atoms with van der Waals surface area (Å²) in [5.74, 6) is 0.834. The Hall–Kier alpha value is -10.3. The lowest BCUT2D eigenvalue weighted by molar-refractivity contribution is 0.589. The van der Waals surface area contributed by atoms with Crippen molar-refractivity contribution in [2.75, 3.05) is 0 Å². The van der Waals surface area contributed by atoms with Crippen LogP contribution >= 0.6 is 0 Å². The van der Waals surface area contributed by atoms with Gasteiger partial charge >= 0.3 is 0 Å². The van der Waals surface area contributed by atoms with Gasteiger partial charge in [0, 0.05) is 72.3 Å². The van der Waals surface area contributed by atoms with E-state index in [0.717, 1.165) is 84.2 Å². The van der Waals surface area contributed by atoms with Crippen LogP contribution in [0.15, 0.2) is 255 Å². The Kier molecular flexibility index (Phi) is 9.23. The number of dihydropyridines is 1. The molecule has 1 unspecified atom stereocenters. The van der Waals surface area contributed by atoms with Crippen LogP contribution in [0.3, 0.4) is 0 Å². The first kappa shape index (κ1) is 42.2. The van der Waals surface area contributed by atoms with E-state index in [1.807, 2.05) is 12.4 Å². The summed E-state index contributed by atoms with van der Waals surface area (Å²) < 4.78 is 9.45. The minimum Gasteiger partial charge on any atom is -0.361 e. The summed E-state index contributed by atoms with van der Waals surface area (Å²) in [5, 5.41) is 13.5. The molecule has 15 aromatic rings. The van der Waals surface area contributed by atoms with Crippen molar-refractivity contribution >= 4 is 92.9 Å². The van der Waals surface area contributed by atoms with Gasteiger partial charge in [0.15, 0.2) is 0 Å². The van der Waals surface area contributed by atoms with Gasteiger partial charge in [-0.3, -0.25) is 14.5 Å². The number of hydrogen-bond donors (Lipinski definition) is 1. The van der Waals surface area contributed by atoms with Crippen LogP contribution in [0.4, 0.5) is 0 Å². The molecule has 8 nitrogen and oxygen atoms in total. The number of pyridine rings is 3. The molecule has 8 aromatic carbocycles. The molecule has 0 amide bonds. The first-order valence-corrected chi connectivity index (χ1v) is 25.8. The van der Waals surface area contributed by atoms with E-state index in [1.54, 1.807) is 0 Å². The third-order valence-corrected chi connectivity index (χ3v) is 15.5. The smallest absolute Gasteiger partial charge is 0.138 e. The van der Waals surface area contributed by atoms with Crippen molar-refractivity contribution in [1.82, 2.24) is 38.5 Å². The number of nitrogens with zero attached hydrogens (tertiary/aromatic N) is 7. The lowest BCUT2D eigenvalue weighted by atomic mass is 10.0. The van der Waals surface area contributed by atoms with Crippen molar-refractivity contribution < 1.29 is 0 Å². The Bertz CT molecular complexity index is 4730. The summed E-state index contributed by atoms with van der Waals surface area (Å²) in [5.41, 5.74) is 16.0. The summed E-state index contributed by atoms with van der Waals surface area (Å²) in [4.78, 5) is 16.3. The number of nitrogens with one attached hydrogen (secondary N) is 1. The van der Waals surface area contributed by atoms with Gasteiger partial charge in [-0.15, -0.1) is 0 Å². The van der Waals surface area contributed by atoms with Crippen molar-refractivity contribution in [3.8, 4) is 39.8 Å². The summed E-state index contributed by atoms with van der Waals surface area (Å²) in [7, 11) is 0. The van der Waals surface area contributed by atoms with E-state index in [9.17, 15) is 0 Å². The molecule has 76 heavy (non-hydrogen) atoms. The predicted molar refractivity (Wildman–Crippen MR) is 312 cm³/mol. The molecule has 1 atom stereocenters. The average molecular weight is 973 g/mol. The third kappa shape index (κ3) is 6.28. The summed E-state index contributed by atoms with van der Waals surface area (Å²) >= 11 is 0. The molecule has 0 aliphatic carbocycles. The minimum absolute atomic E-state index is 0.166. The largest absolute Gasteiger partial charge is 0.361 e. The van der Waals surface area contributed by atoms with Gasteiger partial charge in [0.25, 0.3) is 0 Å². The Morgan fingerprint density at radius 3 is 1.16 bits per heavy atom. The number of hydrogen-bond acceptors (Lipinski definition) is 4. The Labute approximate surface area is 436 Å². The molecule has 8 heteroatoms. The number of allylic oxidation sites excluding steroid dienone is 2. The SMILES string of the molecule is C1=CC(n2c3ccccc3c3ccccc32)NC(c2cnc(-c3cc(-n4c5ccccc5c5ccccc54)c(-c4cccc(-n5c6ccccc6c6ccccc65)n4)cn3)cc2-n2c3ccccc3c3ccccc32)=C1. The zero-order valence-electron chi connectivity index (χ0n) is 41.0. The topological polar surface area (TPSA) is 70.4 Å². The van der Waals surface area contributed by atoms with Crippen molar-refractivity contribution in [2.45, 2.75) is 6.17 Å². The van der Waals surface area contributed by atoms with E-state index in [1.165, 1.54) is 54.1 Å². The van der Waals surface area contributed by atoms with E-state index < -0.39 is 0 Å². The van der Waals surface area contributed by atoms with Gasteiger partial charge in [0.05, 0.1) is 72.6 Å². The zero-order chi connectivity index (χ0) is 49.8. The minimum atomic E-state index is -0.166. The van der Waals surface area contributed by atoms with E-state index in [0.29, 0.717) is 0 Å².